The maximum Gasteiger partial charge on any atom is 0.233 e. The lowest BCUT2D eigenvalue weighted by molar-refractivity contribution is -0.136. The summed E-state index contributed by atoms with van der Waals surface area (Å²) in [4.78, 5) is 15.3. The van der Waals surface area contributed by atoms with Gasteiger partial charge in [-0.25, -0.2) is 0 Å². The highest BCUT2D eigenvalue weighted by molar-refractivity contribution is 6.01. The number of rotatable bonds is 2. The van der Waals surface area contributed by atoms with Gasteiger partial charge in [-0.3, -0.25) is 9.69 Å². The molecule has 0 spiro atoms. The number of hydrogen-bond donors (Lipinski definition) is 1. The maximum atomic E-state index is 13.4. The normalized spacial score (nSPS) is 46.5. The second-order valence-corrected chi connectivity index (χ2v) is 8.05. The molecule has 0 aromatic heterocycles. The molecular formula is C19H23NO3. The predicted octanol–water partition coefficient (Wildman–Crippen LogP) is 2.34. The summed E-state index contributed by atoms with van der Waals surface area (Å²) < 4.78 is 6.54. The van der Waals surface area contributed by atoms with Crippen LogP contribution in [0.3, 0.4) is 0 Å². The summed E-state index contributed by atoms with van der Waals surface area (Å²) >= 11 is 0. The standard InChI is InChI=1S/C19H23NO3/c1-9(2)19-15-12-8-11(16(21)17(12)23-19)14(15)18(22)20(19)13-7-5-4-6-10(13)3/h4-7,9,11-12,14-17,21H,8H2,1-3H3/t11-,12-,14-,15+,16-,17+,19-/m1/s1. The van der Waals surface area contributed by atoms with Crippen LogP contribution in [0.4, 0.5) is 5.69 Å². The molecule has 2 heterocycles. The molecular weight excluding hydrogens is 290 g/mol. The van der Waals surface area contributed by atoms with E-state index < -0.39 is 11.8 Å². The van der Waals surface area contributed by atoms with E-state index in [1.807, 2.05) is 36.1 Å². The summed E-state index contributed by atoms with van der Waals surface area (Å²) in [5.41, 5.74) is 1.48. The zero-order valence-corrected chi connectivity index (χ0v) is 13.8. The van der Waals surface area contributed by atoms with Crippen LogP contribution < -0.4 is 4.90 Å². The number of para-hydroxylation sites is 1. The molecule has 23 heavy (non-hydrogen) atoms. The second kappa shape index (κ2) is 4.17. The van der Waals surface area contributed by atoms with Crippen LogP contribution in [0.5, 0.6) is 0 Å². The van der Waals surface area contributed by atoms with Gasteiger partial charge in [-0.2, -0.15) is 0 Å². The van der Waals surface area contributed by atoms with Crippen LogP contribution in [0.15, 0.2) is 24.3 Å². The Hall–Kier alpha value is -1.39. The Morgan fingerprint density at radius 3 is 2.74 bits per heavy atom. The van der Waals surface area contributed by atoms with Gasteiger partial charge in [0.15, 0.2) is 5.72 Å². The molecule has 2 bridgehead atoms. The first-order valence-corrected chi connectivity index (χ1v) is 8.74. The molecule has 0 unspecified atom stereocenters. The van der Waals surface area contributed by atoms with Gasteiger partial charge in [-0.1, -0.05) is 32.0 Å². The van der Waals surface area contributed by atoms with E-state index in [4.69, 9.17) is 4.74 Å². The molecule has 4 nitrogen and oxygen atoms in total. The number of carbonyl (C=O) groups is 1. The first-order chi connectivity index (χ1) is 11.0. The van der Waals surface area contributed by atoms with E-state index in [2.05, 4.69) is 13.8 Å². The molecule has 4 fully saturated rings. The molecule has 4 aliphatic rings. The van der Waals surface area contributed by atoms with Crippen molar-refractivity contribution in [2.75, 3.05) is 4.90 Å². The fourth-order valence-corrected chi connectivity index (χ4v) is 6.11. The summed E-state index contributed by atoms with van der Waals surface area (Å²) in [6.07, 6.45) is 0.385. The summed E-state index contributed by atoms with van der Waals surface area (Å²) in [6, 6.07) is 8.06. The molecule has 2 aliphatic carbocycles. The predicted molar refractivity (Wildman–Crippen MR) is 85.7 cm³/mol. The molecule has 2 aliphatic heterocycles. The highest BCUT2D eigenvalue weighted by atomic mass is 16.6. The Morgan fingerprint density at radius 2 is 2.04 bits per heavy atom. The molecule has 5 rings (SSSR count). The highest BCUT2D eigenvalue weighted by Gasteiger charge is 2.79. The van der Waals surface area contributed by atoms with Crippen LogP contribution >= 0.6 is 0 Å². The monoisotopic (exact) mass is 313 g/mol. The van der Waals surface area contributed by atoms with Crippen LogP contribution in [0.2, 0.25) is 0 Å². The van der Waals surface area contributed by atoms with Crippen molar-refractivity contribution in [2.24, 2.45) is 29.6 Å². The minimum absolute atomic E-state index is 0.0734. The smallest absolute Gasteiger partial charge is 0.233 e. The summed E-state index contributed by atoms with van der Waals surface area (Å²) in [5, 5.41) is 10.6. The van der Waals surface area contributed by atoms with Crippen LogP contribution in [0.25, 0.3) is 0 Å². The first-order valence-electron chi connectivity index (χ1n) is 8.74. The van der Waals surface area contributed by atoms with Crippen molar-refractivity contribution in [3.8, 4) is 0 Å². The van der Waals surface area contributed by atoms with E-state index in [1.165, 1.54) is 0 Å². The van der Waals surface area contributed by atoms with Crippen molar-refractivity contribution >= 4 is 11.6 Å². The molecule has 1 aromatic rings. The lowest BCUT2D eigenvalue weighted by atomic mass is 9.74. The Bertz CT molecular complexity index is 702. The van der Waals surface area contributed by atoms with Gasteiger partial charge in [-0.05, 0) is 36.8 Å². The van der Waals surface area contributed by atoms with Gasteiger partial charge in [0.25, 0.3) is 0 Å². The first kappa shape index (κ1) is 14.0. The number of hydrogen-bond acceptors (Lipinski definition) is 3. The van der Waals surface area contributed by atoms with Gasteiger partial charge in [-0.15, -0.1) is 0 Å². The minimum atomic E-state index is -0.588. The van der Waals surface area contributed by atoms with Gasteiger partial charge in [0.2, 0.25) is 5.91 Å². The Morgan fingerprint density at radius 1 is 1.30 bits per heavy atom. The number of ether oxygens (including phenoxy) is 1. The highest BCUT2D eigenvalue weighted by Crippen LogP contribution is 2.69. The van der Waals surface area contributed by atoms with Crippen molar-refractivity contribution in [3.63, 3.8) is 0 Å². The van der Waals surface area contributed by atoms with Crippen molar-refractivity contribution in [1.82, 2.24) is 0 Å². The van der Waals surface area contributed by atoms with Crippen LogP contribution in [0, 0.1) is 36.5 Å². The summed E-state index contributed by atoms with van der Waals surface area (Å²) in [7, 11) is 0. The number of aryl methyl sites for hydroxylation is 1. The number of nitrogens with zero attached hydrogens (tertiary/aromatic N) is 1. The van der Waals surface area contributed by atoms with E-state index in [1.54, 1.807) is 0 Å². The lowest BCUT2D eigenvalue weighted by Crippen LogP contribution is -2.54. The molecule has 7 atom stereocenters. The number of amides is 1. The van der Waals surface area contributed by atoms with Gasteiger partial charge in [0.05, 0.1) is 18.1 Å². The van der Waals surface area contributed by atoms with Crippen molar-refractivity contribution in [3.05, 3.63) is 29.8 Å². The molecule has 2 saturated carbocycles. The quantitative estimate of drug-likeness (QED) is 0.912. The molecule has 4 heteroatoms. The number of aliphatic hydroxyl groups is 1. The third kappa shape index (κ3) is 1.35. The van der Waals surface area contributed by atoms with Crippen LogP contribution in [-0.2, 0) is 9.53 Å². The van der Waals surface area contributed by atoms with Gasteiger partial charge in [0.1, 0.15) is 0 Å². The van der Waals surface area contributed by atoms with Crippen molar-refractivity contribution in [2.45, 2.75) is 45.1 Å². The lowest BCUT2D eigenvalue weighted by Gasteiger charge is -2.42. The third-order valence-corrected chi connectivity index (χ3v) is 6.89. The fourth-order valence-electron chi connectivity index (χ4n) is 6.11. The number of fused-ring (bicyclic) bond motifs is 2. The Labute approximate surface area is 136 Å². The number of benzene rings is 1. The van der Waals surface area contributed by atoms with Gasteiger partial charge >= 0.3 is 0 Å². The average Bonchev–Trinajstić information content (AvgIpc) is 3.16. The number of carbonyl (C=O) groups excluding carboxylic acids is 1. The SMILES string of the molecule is Cc1ccccc1N1C(=O)[C@@H]2[C@H]3C[C@H]4[C@H](O[C@]1(C(C)C)[C@@H]42)[C@@H]3O. The molecule has 1 amide bonds. The molecule has 0 radical (unpaired) electrons. The maximum absolute atomic E-state index is 13.4. The second-order valence-electron chi connectivity index (χ2n) is 8.05. The van der Waals surface area contributed by atoms with E-state index >= 15 is 0 Å². The van der Waals surface area contributed by atoms with E-state index in [0.717, 1.165) is 17.7 Å². The third-order valence-electron chi connectivity index (χ3n) is 6.89. The van der Waals surface area contributed by atoms with Crippen molar-refractivity contribution in [1.29, 1.82) is 0 Å². The van der Waals surface area contributed by atoms with Gasteiger partial charge < -0.3 is 9.84 Å². The molecule has 122 valence electrons. The summed E-state index contributed by atoms with van der Waals surface area (Å²) in [5.74, 6) is 0.918. The zero-order valence-electron chi connectivity index (χ0n) is 13.8. The topological polar surface area (TPSA) is 49.8 Å². The van der Waals surface area contributed by atoms with Crippen molar-refractivity contribution < 1.29 is 14.6 Å². The fraction of sp³-hybridized carbons (Fsp3) is 0.632. The van der Waals surface area contributed by atoms with Gasteiger partial charge in [0, 0.05) is 17.5 Å². The van der Waals surface area contributed by atoms with E-state index in [9.17, 15) is 9.90 Å². The van der Waals surface area contributed by atoms with E-state index in [-0.39, 0.29) is 35.7 Å². The molecule has 1 aromatic carbocycles. The summed E-state index contributed by atoms with van der Waals surface area (Å²) in [6.45, 7) is 6.34. The largest absolute Gasteiger partial charge is 0.390 e. The molecule has 1 N–H and O–H groups in total. The van der Waals surface area contributed by atoms with E-state index in [0.29, 0.717) is 5.92 Å². The molecule has 2 saturated heterocycles. The number of aliphatic hydroxyl groups excluding tert-OH is 1. The Balaban J connectivity index is 1.73. The Kier molecular flexibility index (Phi) is 2.54. The van der Waals surface area contributed by atoms with Crippen LogP contribution in [0.1, 0.15) is 25.8 Å². The average molecular weight is 313 g/mol. The zero-order chi connectivity index (χ0) is 16.1. The number of anilines is 1. The minimum Gasteiger partial charge on any atom is -0.390 e. The van der Waals surface area contributed by atoms with Crippen LogP contribution in [-0.4, -0.2) is 28.9 Å².